The zero-order valence-corrected chi connectivity index (χ0v) is 7.10. The Morgan fingerprint density at radius 2 is 2.45 bits per heavy atom. The summed E-state index contributed by atoms with van der Waals surface area (Å²) in [5, 5.41) is 0. The Balaban J connectivity index is 2.52. The number of methoxy groups -OCH3 is 1. The van der Waals surface area contributed by atoms with Crippen LogP contribution in [0.25, 0.3) is 0 Å². The van der Waals surface area contributed by atoms with E-state index in [1.165, 1.54) is 0 Å². The predicted octanol–water partition coefficient (Wildman–Crippen LogP) is 1.36. The summed E-state index contributed by atoms with van der Waals surface area (Å²) in [6.07, 6.45) is 1.74. The van der Waals surface area contributed by atoms with Gasteiger partial charge in [0.1, 0.15) is 5.82 Å². The van der Waals surface area contributed by atoms with E-state index in [4.69, 9.17) is 10.5 Å². The number of nitrogen functional groups attached to an aromatic ring is 1. The van der Waals surface area contributed by atoms with Crippen LogP contribution in [0.3, 0.4) is 0 Å². The van der Waals surface area contributed by atoms with Crippen molar-refractivity contribution >= 4 is 17.6 Å². The molecule has 11 heavy (non-hydrogen) atoms. The van der Waals surface area contributed by atoms with Gasteiger partial charge in [-0.25, -0.2) is 4.98 Å². The Kier molecular flexibility index (Phi) is 3.19. The van der Waals surface area contributed by atoms with Gasteiger partial charge in [-0.15, -0.1) is 0 Å². The second-order valence-electron chi connectivity index (χ2n) is 1.97. The van der Waals surface area contributed by atoms with Crippen molar-refractivity contribution in [1.82, 2.24) is 4.98 Å². The van der Waals surface area contributed by atoms with Gasteiger partial charge in [-0.3, -0.25) is 0 Å². The number of nitrogens with two attached hydrogens (primary N) is 1. The number of thioether (sulfide) groups is 1. The molecule has 0 saturated carbocycles. The lowest BCUT2D eigenvalue weighted by molar-refractivity contribution is 0.259. The zero-order valence-electron chi connectivity index (χ0n) is 6.28. The van der Waals surface area contributed by atoms with Gasteiger partial charge in [-0.2, -0.15) is 0 Å². The molecule has 0 aliphatic heterocycles. The molecule has 0 saturated heterocycles. The Bertz CT molecular complexity index is 212. The standard InChI is InChI=1S/C7H10N2OS/c1-10-5-11-6-2-3-7(8)9-4-6/h2-4H,5H2,1H3,(H2,8,9). The van der Waals surface area contributed by atoms with Crippen molar-refractivity contribution in [1.29, 1.82) is 0 Å². The highest BCUT2D eigenvalue weighted by Gasteiger charge is 1.92. The Morgan fingerprint density at radius 1 is 1.64 bits per heavy atom. The highest BCUT2D eigenvalue weighted by atomic mass is 32.2. The van der Waals surface area contributed by atoms with Crippen LogP contribution in [0.5, 0.6) is 0 Å². The molecule has 60 valence electrons. The van der Waals surface area contributed by atoms with Gasteiger partial charge in [-0.1, -0.05) is 11.8 Å². The molecule has 0 unspecified atom stereocenters. The number of aromatic nitrogens is 1. The lowest BCUT2D eigenvalue weighted by Crippen LogP contribution is -1.88. The van der Waals surface area contributed by atoms with Crippen LogP contribution in [0.1, 0.15) is 0 Å². The van der Waals surface area contributed by atoms with Gasteiger partial charge in [-0.05, 0) is 12.1 Å². The minimum absolute atomic E-state index is 0.548. The van der Waals surface area contributed by atoms with Crippen molar-refractivity contribution in [3.63, 3.8) is 0 Å². The van der Waals surface area contributed by atoms with Gasteiger partial charge in [0.15, 0.2) is 0 Å². The minimum Gasteiger partial charge on any atom is -0.384 e. The molecule has 2 N–H and O–H groups in total. The van der Waals surface area contributed by atoms with E-state index in [1.807, 2.05) is 6.07 Å². The second-order valence-corrected chi connectivity index (χ2v) is 2.97. The maximum Gasteiger partial charge on any atom is 0.123 e. The SMILES string of the molecule is COCSc1ccc(N)nc1. The first-order valence-electron chi connectivity index (χ1n) is 3.16. The van der Waals surface area contributed by atoms with Gasteiger partial charge < -0.3 is 10.5 Å². The number of hydrogen-bond donors (Lipinski definition) is 1. The van der Waals surface area contributed by atoms with E-state index >= 15 is 0 Å². The summed E-state index contributed by atoms with van der Waals surface area (Å²) in [5.74, 6) is 1.19. The van der Waals surface area contributed by atoms with Gasteiger partial charge in [0, 0.05) is 18.2 Å². The van der Waals surface area contributed by atoms with E-state index in [1.54, 1.807) is 31.1 Å². The van der Waals surface area contributed by atoms with E-state index in [-0.39, 0.29) is 0 Å². The first-order chi connectivity index (χ1) is 5.33. The number of rotatable bonds is 3. The monoisotopic (exact) mass is 170 g/mol. The fourth-order valence-corrected chi connectivity index (χ4v) is 1.15. The summed E-state index contributed by atoms with van der Waals surface area (Å²) in [7, 11) is 1.66. The maximum atomic E-state index is 5.40. The summed E-state index contributed by atoms with van der Waals surface area (Å²) in [4.78, 5) is 5.00. The average Bonchev–Trinajstić information content (AvgIpc) is 2.04. The van der Waals surface area contributed by atoms with Crippen LogP contribution in [-0.4, -0.2) is 18.0 Å². The molecule has 0 aromatic carbocycles. The average molecular weight is 170 g/mol. The van der Waals surface area contributed by atoms with Crippen LogP contribution in [0.4, 0.5) is 5.82 Å². The summed E-state index contributed by atoms with van der Waals surface area (Å²) >= 11 is 1.59. The third-order valence-electron chi connectivity index (χ3n) is 1.10. The highest BCUT2D eigenvalue weighted by molar-refractivity contribution is 7.99. The fourth-order valence-electron chi connectivity index (χ4n) is 0.604. The number of pyridine rings is 1. The molecule has 4 heteroatoms. The molecule has 0 bridgehead atoms. The number of nitrogens with zero attached hydrogens (tertiary/aromatic N) is 1. The molecule has 0 atom stereocenters. The fraction of sp³-hybridized carbons (Fsp3) is 0.286. The third kappa shape index (κ3) is 2.78. The molecule has 0 spiro atoms. The van der Waals surface area contributed by atoms with E-state index in [0.29, 0.717) is 11.8 Å². The normalized spacial score (nSPS) is 9.91. The largest absolute Gasteiger partial charge is 0.384 e. The molecule has 3 nitrogen and oxygen atoms in total. The third-order valence-corrected chi connectivity index (χ3v) is 2.03. The molecule has 0 amide bonds. The first kappa shape index (κ1) is 8.36. The predicted molar refractivity (Wildman–Crippen MR) is 46.4 cm³/mol. The number of anilines is 1. The van der Waals surface area contributed by atoms with E-state index in [0.717, 1.165) is 4.90 Å². The summed E-state index contributed by atoms with van der Waals surface area (Å²) < 4.78 is 4.88. The topological polar surface area (TPSA) is 48.1 Å². The molecule has 1 aromatic heterocycles. The maximum absolute atomic E-state index is 5.40. The lowest BCUT2D eigenvalue weighted by atomic mass is 10.5. The summed E-state index contributed by atoms with van der Waals surface area (Å²) in [6, 6.07) is 3.70. The molecule has 1 rings (SSSR count). The Hall–Kier alpha value is -0.740. The minimum atomic E-state index is 0.548. The molecule has 1 aromatic rings. The van der Waals surface area contributed by atoms with Crippen molar-refractivity contribution < 1.29 is 4.74 Å². The Morgan fingerprint density at radius 3 is 3.00 bits per heavy atom. The van der Waals surface area contributed by atoms with Crippen LogP contribution in [0.2, 0.25) is 0 Å². The van der Waals surface area contributed by atoms with Gasteiger partial charge in [0.2, 0.25) is 0 Å². The van der Waals surface area contributed by atoms with E-state index < -0.39 is 0 Å². The van der Waals surface area contributed by atoms with Crippen LogP contribution in [0, 0.1) is 0 Å². The van der Waals surface area contributed by atoms with E-state index in [9.17, 15) is 0 Å². The quantitative estimate of drug-likeness (QED) is 0.549. The molecule has 0 radical (unpaired) electrons. The van der Waals surface area contributed by atoms with Crippen LogP contribution in [-0.2, 0) is 4.74 Å². The van der Waals surface area contributed by atoms with Crippen molar-refractivity contribution in [3.8, 4) is 0 Å². The number of hydrogen-bond acceptors (Lipinski definition) is 4. The van der Waals surface area contributed by atoms with Gasteiger partial charge in [0.25, 0.3) is 0 Å². The molecule has 0 fully saturated rings. The van der Waals surface area contributed by atoms with Gasteiger partial charge in [0.05, 0.1) is 5.94 Å². The van der Waals surface area contributed by atoms with Crippen LogP contribution < -0.4 is 5.73 Å². The van der Waals surface area contributed by atoms with Crippen LogP contribution in [0.15, 0.2) is 23.2 Å². The summed E-state index contributed by atoms with van der Waals surface area (Å²) in [5.41, 5.74) is 5.40. The highest BCUT2D eigenvalue weighted by Crippen LogP contribution is 2.16. The van der Waals surface area contributed by atoms with Crippen molar-refractivity contribution in [2.75, 3.05) is 18.8 Å². The smallest absolute Gasteiger partial charge is 0.123 e. The molecule has 0 aliphatic carbocycles. The van der Waals surface area contributed by atoms with Gasteiger partial charge >= 0.3 is 0 Å². The Labute approximate surface area is 70.0 Å². The number of ether oxygens (including phenoxy) is 1. The molecular weight excluding hydrogens is 160 g/mol. The first-order valence-corrected chi connectivity index (χ1v) is 4.15. The van der Waals surface area contributed by atoms with Crippen molar-refractivity contribution in [2.45, 2.75) is 4.90 Å². The molecule has 0 aliphatic rings. The zero-order chi connectivity index (χ0) is 8.10. The molecular formula is C7H10N2OS. The lowest BCUT2D eigenvalue weighted by Gasteiger charge is -1.98. The van der Waals surface area contributed by atoms with E-state index in [2.05, 4.69) is 4.98 Å². The summed E-state index contributed by atoms with van der Waals surface area (Å²) in [6.45, 7) is 0. The van der Waals surface area contributed by atoms with Crippen molar-refractivity contribution in [3.05, 3.63) is 18.3 Å². The molecule has 1 heterocycles. The van der Waals surface area contributed by atoms with Crippen LogP contribution >= 0.6 is 11.8 Å². The second kappa shape index (κ2) is 4.20. The van der Waals surface area contributed by atoms with Crippen molar-refractivity contribution in [2.24, 2.45) is 0 Å².